The molecule has 0 bridgehead atoms. The molecule has 1 unspecified atom stereocenters. The summed E-state index contributed by atoms with van der Waals surface area (Å²) < 4.78 is 5.71. The molecule has 1 aliphatic heterocycles. The highest BCUT2D eigenvalue weighted by molar-refractivity contribution is 6.06. The average Bonchev–Trinajstić information content (AvgIpc) is 2.59. The fraction of sp³-hybridized carbons (Fsp3) is 0.278. The summed E-state index contributed by atoms with van der Waals surface area (Å²) in [6.07, 6.45) is 1.60. The van der Waals surface area contributed by atoms with Gasteiger partial charge in [0.25, 0.3) is 5.91 Å². The molecule has 6 heteroatoms. The molecular formula is C18H19N3O3. The van der Waals surface area contributed by atoms with Crippen LogP contribution < -0.4 is 15.0 Å². The monoisotopic (exact) mass is 325 g/mol. The lowest BCUT2D eigenvalue weighted by molar-refractivity contribution is -0.128. The largest absolute Gasteiger partial charge is 0.478 e. The Hall–Kier alpha value is -2.89. The van der Waals surface area contributed by atoms with Gasteiger partial charge in [-0.3, -0.25) is 14.5 Å². The van der Waals surface area contributed by atoms with Gasteiger partial charge in [0.15, 0.2) is 6.10 Å². The number of anilines is 2. The van der Waals surface area contributed by atoms with Gasteiger partial charge in [0.1, 0.15) is 18.1 Å². The number of pyridine rings is 1. The summed E-state index contributed by atoms with van der Waals surface area (Å²) in [5, 5.41) is 2.76. The van der Waals surface area contributed by atoms with Crippen molar-refractivity contribution in [3.05, 3.63) is 48.2 Å². The van der Waals surface area contributed by atoms with Gasteiger partial charge in [0.05, 0.1) is 5.69 Å². The van der Waals surface area contributed by atoms with Crippen LogP contribution in [0.1, 0.15) is 18.9 Å². The van der Waals surface area contributed by atoms with Gasteiger partial charge in [-0.25, -0.2) is 4.98 Å². The number of nitrogens with zero attached hydrogens (tertiary/aromatic N) is 2. The van der Waals surface area contributed by atoms with E-state index in [2.05, 4.69) is 10.3 Å². The fourth-order valence-corrected chi connectivity index (χ4v) is 2.63. The van der Waals surface area contributed by atoms with Gasteiger partial charge in [-0.1, -0.05) is 25.1 Å². The van der Waals surface area contributed by atoms with Crippen LogP contribution in [0.3, 0.4) is 0 Å². The molecular weight excluding hydrogens is 306 g/mol. The molecule has 0 saturated heterocycles. The first kappa shape index (κ1) is 16.0. The fourth-order valence-electron chi connectivity index (χ4n) is 2.63. The van der Waals surface area contributed by atoms with E-state index in [1.165, 1.54) is 4.90 Å². The molecule has 2 amide bonds. The Morgan fingerprint density at radius 2 is 2.08 bits per heavy atom. The third-order valence-electron chi connectivity index (χ3n) is 3.91. The smallest absolute Gasteiger partial charge is 0.268 e. The first-order chi connectivity index (χ1) is 11.6. The zero-order chi connectivity index (χ0) is 17.1. The number of nitrogens with one attached hydrogen (secondary N) is 1. The summed E-state index contributed by atoms with van der Waals surface area (Å²) >= 11 is 0. The molecule has 0 aliphatic carbocycles. The van der Waals surface area contributed by atoms with Crippen molar-refractivity contribution in [2.75, 3.05) is 16.8 Å². The number of carbonyl (C=O) groups excluding carboxylic acids is 2. The van der Waals surface area contributed by atoms with Crippen LogP contribution in [0.25, 0.3) is 0 Å². The zero-order valence-electron chi connectivity index (χ0n) is 13.7. The molecule has 2 aromatic rings. The van der Waals surface area contributed by atoms with Gasteiger partial charge in [-0.05, 0) is 37.1 Å². The van der Waals surface area contributed by atoms with Crippen molar-refractivity contribution in [1.29, 1.82) is 0 Å². The number of ether oxygens (including phenoxy) is 1. The number of para-hydroxylation sites is 2. The Morgan fingerprint density at radius 3 is 2.83 bits per heavy atom. The van der Waals surface area contributed by atoms with E-state index in [-0.39, 0.29) is 18.4 Å². The molecule has 1 atom stereocenters. The number of amides is 2. The van der Waals surface area contributed by atoms with Crippen LogP contribution in [0, 0.1) is 6.92 Å². The second-order valence-corrected chi connectivity index (χ2v) is 5.62. The van der Waals surface area contributed by atoms with E-state index in [4.69, 9.17) is 4.74 Å². The average molecular weight is 325 g/mol. The van der Waals surface area contributed by atoms with Gasteiger partial charge in [0, 0.05) is 6.20 Å². The van der Waals surface area contributed by atoms with E-state index in [1.54, 1.807) is 24.4 Å². The lowest BCUT2D eigenvalue weighted by atomic mass is 10.1. The first-order valence-electron chi connectivity index (χ1n) is 7.88. The molecule has 0 spiro atoms. The molecule has 124 valence electrons. The van der Waals surface area contributed by atoms with Gasteiger partial charge >= 0.3 is 0 Å². The Balaban J connectivity index is 1.81. The Kier molecular flexibility index (Phi) is 4.46. The number of aryl methyl sites for hydroxylation is 1. The summed E-state index contributed by atoms with van der Waals surface area (Å²) in [7, 11) is 0. The number of rotatable bonds is 4. The summed E-state index contributed by atoms with van der Waals surface area (Å²) in [6, 6.07) is 10.9. The SMILES string of the molecule is CCC1Oc2ccccc2N(CC(=O)Nc2ncccc2C)C1=O. The Morgan fingerprint density at radius 1 is 1.29 bits per heavy atom. The predicted molar refractivity (Wildman–Crippen MR) is 91.1 cm³/mol. The molecule has 2 heterocycles. The molecule has 3 rings (SSSR count). The maximum absolute atomic E-state index is 12.6. The van der Waals surface area contributed by atoms with Crippen LogP contribution in [0.4, 0.5) is 11.5 Å². The predicted octanol–water partition coefficient (Wildman–Crippen LogP) is 2.53. The number of aromatic nitrogens is 1. The molecule has 0 radical (unpaired) electrons. The van der Waals surface area contributed by atoms with Crippen LogP contribution in [0.15, 0.2) is 42.6 Å². The van der Waals surface area contributed by atoms with Crippen molar-refractivity contribution in [2.45, 2.75) is 26.4 Å². The van der Waals surface area contributed by atoms with Crippen molar-refractivity contribution >= 4 is 23.3 Å². The molecule has 1 aliphatic rings. The molecule has 0 fully saturated rings. The zero-order valence-corrected chi connectivity index (χ0v) is 13.7. The van der Waals surface area contributed by atoms with Crippen molar-refractivity contribution in [2.24, 2.45) is 0 Å². The van der Waals surface area contributed by atoms with Crippen molar-refractivity contribution in [3.8, 4) is 5.75 Å². The normalized spacial score (nSPS) is 16.3. The first-order valence-corrected chi connectivity index (χ1v) is 7.88. The molecule has 0 saturated carbocycles. The van der Waals surface area contributed by atoms with Gasteiger partial charge in [-0.15, -0.1) is 0 Å². The lowest BCUT2D eigenvalue weighted by Gasteiger charge is -2.33. The summed E-state index contributed by atoms with van der Waals surface area (Å²) in [5.41, 5.74) is 1.48. The number of carbonyl (C=O) groups is 2. The Labute approximate surface area is 140 Å². The quantitative estimate of drug-likeness (QED) is 0.937. The number of fused-ring (bicyclic) bond motifs is 1. The standard InChI is InChI=1S/C18H19N3O3/c1-3-14-18(23)21(13-8-4-5-9-15(13)24-14)11-16(22)20-17-12(2)7-6-10-19-17/h4-10,14H,3,11H2,1-2H3,(H,19,20,22). The number of hydrogen-bond donors (Lipinski definition) is 1. The van der Waals surface area contributed by atoms with Crippen LogP contribution in [0.5, 0.6) is 5.75 Å². The van der Waals surface area contributed by atoms with Crippen molar-refractivity contribution in [1.82, 2.24) is 4.98 Å². The minimum Gasteiger partial charge on any atom is -0.478 e. The number of hydrogen-bond acceptors (Lipinski definition) is 4. The molecule has 24 heavy (non-hydrogen) atoms. The molecule has 1 N–H and O–H groups in total. The highest BCUT2D eigenvalue weighted by atomic mass is 16.5. The van der Waals surface area contributed by atoms with Crippen LogP contribution in [0.2, 0.25) is 0 Å². The second kappa shape index (κ2) is 6.70. The molecule has 1 aromatic heterocycles. The summed E-state index contributed by atoms with van der Waals surface area (Å²) in [4.78, 5) is 30.6. The maximum atomic E-state index is 12.6. The van der Waals surface area contributed by atoms with Crippen molar-refractivity contribution < 1.29 is 14.3 Å². The summed E-state index contributed by atoms with van der Waals surface area (Å²) in [6.45, 7) is 3.67. The Bertz CT molecular complexity index is 776. The molecule has 6 nitrogen and oxygen atoms in total. The van der Waals surface area contributed by atoms with E-state index in [9.17, 15) is 9.59 Å². The van der Waals surface area contributed by atoms with E-state index in [1.807, 2.05) is 32.0 Å². The van der Waals surface area contributed by atoms with Gasteiger partial charge in [0.2, 0.25) is 5.91 Å². The third kappa shape index (κ3) is 3.08. The maximum Gasteiger partial charge on any atom is 0.268 e. The van der Waals surface area contributed by atoms with E-state index >= 15 is 0 Å². The van der Waals surface area contributed by atoms with Crippen LogP contribution in [-0.2, 0) is 9.59 Å². The topological polar surface area (TPSA) is 71.5 Å². The van der Waals surface area contributed by atoms with Gasteiger partial charge in [-0.2, -0.15) is 0 Å². The third-order valence-corrected chi connectivity index (χ3v) is 3.91. The number of benzene rings is 1. The van der Waals surface area contributed by atoms with Crippen molar-refractivity contribution in [3.63, 3.8) is 0 Å². The highest BCUT2D eigenvalue weighted by Crippen LogP contribution is 2.34. The summed E-state index contributed by atoms with van der Waals surface area (Å²) in [5.74, 6) is 0.620. The van der Waals surface area contributed by atoms with Gasteiger partial charge < -0.3 is 10.1 Å². The minimum absolute atomic E-state index is 0.0777. The van der Waals surface area contributed by atoms with E-state index < -0.39 is 6.10 Å². The second-order valence-electron chi connectivity index (χ2n) is 5.62. The minimum atomic E-state index is -0.565. The van der Waals surface area contributed by atoms with E-state index in [0.717, 1.165) is 5.56 Å². The highest BCUT2D eigenvalue weighted by Gasteiger charge is 2.34. The van der Waals surface area contributed by atoms with E-state index in [0.29, 0.717) is 23.7 Å². The van der Waals surface area contributed by atoms with Crippen LogP contribution in [-0.4, -0.2) is 29.4 Å². The van der Waals surface area contributed by atoms with Crippen LogP contribution >= 0.6 is 0 Å². The molecule has 1 aromatic carbocycles. The lowest BCUT2D eigenvalue weighted by Crippen LogP contribution is -2.48.